The fraction of sp³-hybridized carbons (Fsp3) is 0.655. The Kier molecular flexibility index (Phi) is 27.8. The number of nitrogens with one attached hydrogen (secondary N) is 5. The number of aliphatic hydroxyl groups excluding tert-OH is 1. The van der Waals surface area contributed by atoms with Crippen LogP contribution in [0.4, 0.5) is 15.3 Å². The summed E-state index contributed by atoms with van der Waals surface area (Å²) in [7, 11) is 6.12. The van der Waals surface area contributed by atoms with E-state index < -0.39 is 114 Å². The average molecular weight is 1120 g/mol. The molecule has 0 spiro atoms. The summed E-state index contributed by atoms with van der Waals surface area (Å²) in [6.45, 7) is 18.7. The van der Waals surface area contributed by atoms with Crippen LogP contribution in [0.3, 0.4) is 0 Å². The summed E-state index contributed by atoms with van der Waals surface area (Å²) >= 11 is 0. The minimum atomic E-state index is -1.05. The number of likely N-dealkylation sites (N-methyl/N-ethyl adjacent to an activating group) is 2. The molecule has 1 fully saturated rings. The molecule has 0 aromatic heterocycles. The smallest absolute Gasteiger partial charge is 0.410 e. The Morgan fingerprint density at radius 2 is 1.41 bits per heavy atom. The minimum Gasteiger partial charge on any atom is -0.445 e. The number of benzene rings is 2. The van der Waals surface area contributed by atoms with Crippen LogP contribution in [0.5, 0.6) is 0 Å². The van der Waals surface area contributed by atoms with Crippen LogP contribution < -0.4 is 38.1 Å². The molecule has 448 valence electrons. The van der Waals surface area contributed by atoms with E-state index in [-0.39, 0.29) is 49.6 Å². The maximum Gasteiger partial charge on any atom is 0.410 e. The third-order valence-corrected chi connectivity index (χ3v) is 15.3. The standard InChI is InChI=1S/C58H94N10O12/c1-15-36(8)49(44(78-13)31-45(69)68-30-20-24-43(68)51(79-14)37(9)52(71)62-38(10)50(70)40-21-17-16-18-22-40)66(11)56(75)47(34(4)5)65-55(74)48(35(6)7)67(12)58(77)80-32-39-25-27-41(28-26-39)63-53(72)42(23-19-29-61-57(60)76)64-54(73)46(59)33(2)3/h16-18,21-22,25-28,33-38,42-44,46-51,70H,15,19-20,23-24,29-32,59H2,1-14H3,(H,62,71)(H,63,72)(H,64,73)(H,65,74)(H3,60,61,76)/t36-,37+,38+,42?,43-,44+,46-,47-,48-,49-,50+,51+/m0/s1. The number of hydrogen-bond acceptors (Lipinski definition) is 13. The lowest BCUT2D eigenvalue weighted by molar-refractivity contribution is -0.148. The molecule has 10 N–H and O–H groups in total. The molecular formula is C58H94N10O12. The van der Waals surface area contributed by atoms with Gasteiger partial charge in [-0.3, -0.25) is 33.7 Å². The number of urea groups is 1. The molecule has 1 aliphatic heterocycles. The van der Waals surface area contributed by atoms with E-state index in [2.05, 4.69) is 26.6 Å². The van der Waals surface area contributed by atoms with Crippen molar-refractivity contribution >= 4 is 53.3 Å². The van der Waals surface area contributed by atoms with Crippen LogP contribution >= 0.6 is 0 Å². The molecule has 12 atom stereocenters. The van der Waals surface area contributed by atoms with Crippen LogP contribution in [0, 0.1) is 29.6 Å². The first-order chi connectivity index (χ1) is 37.7. The number of nitrogens with two attached hydrogens (primary N) is 2. The first-order valence-electron chi connectivity index (χ1n) is 28.0. The van der Waals surface area contributed by atoms with Crippen LogP contribution in [-0.4, -0.2) is 163 Å². The van der Waals surface area contributed by atoms with E-state index in [1.807, 2.05) is 45.9 Å². The van der Waals surface area contributed by atoms with Crippen LogP contribution in [0.25, 0.3) is 0 Å². The molecule has 1 saturated heterocycles. The molecule has 0 saturated carbocycles. The van der Waals surface area contributed by atoms with E-state index in [1.165, 1.54) is 26.2 Å². The number of carbonyl (C=O) groups is 8. The highest BCUT2D eigenvalue weighted by Gasteiger charge is 2.44. The molecule has 2 aromatic carbocycles. The molecule has 1 unspecified atom stereocenters. The van der Waals surface area contributed by atoms with Crippen molar-refractivity contribution in [2.45, 2.75) is 175 Å². The van der Waals surface area contributed by atoms with E-state index in [0.717, 1.165) is 0 Å². The van der Waals surface area contributed by atoms with E-state index >= 15 is 0 Å². The number of ether oxygens (including phenoxy) is 3. The average Bonchev–Trinajstić information content (AvgIpc) is 3.91. The molecule has 0 bridgehead atoms. The van der Waals surface area contributed by atoms with E-state index in [9.17, 15) is 43.5 Å². The van der Waals surface area contributed by atoms with E-state index in [1.54, 1.807) is 94.8 Å². The first-order valence-corrected chi connectivity index (χ1v) is 28.0. The summed E-state index contributed by atoms with van der Waals surface area (Å²) in [5.74, 6) is -4.32. The second-order valence-corrected chi connectivity index (χ2v) is 22.3. The number of nitrogens with zero attached hydrogens (tertiary/aromatic N) is 3. The molecule has 1 heterocycles. The lowest BCUT2D eigenvalue weighted by atomic mass is 9.89. The first kappa shape index (κ1) is 67.9. The summed E-state index contributed by atoms with van der Waals surface area (Å²) in [6.07, 6.45) is -0.736. The van der Waals surface area contributed by atoms with Crippen molar-refractivity contribution in [3.8, 4) is 0 Å². The summed E-state index contributed by atoms with van der Waals surface area (Å²) in [5.41, 5.74) is 12.8. The molecule has 22 heteroatoms. The van der Waals surface area contributed by atoms with Crippen LogP contribution in [0.15, 0.2) is 54.6 Å². The number of methoxy groups -OCH3 is 2. The zero-order chi connectivity index (χ0) is 60.1. The molecule has 9 amide bonds. The van der Waals surface area contributed by atoms with Crippen molar-refractivity contribution in [2.24, 2.45) is 41.1 Å². The number of likely N-dealkylation sites (tertiary alicyclic amines) is 1. The van der Waals surface area contributed by atoms with Gasteiger partial charge in [0, 0.05) is 47.1 Å². The Labute approximate surface area is 473 Å². The highest BCUT2D eigenvalue weighted by Crippen LogP contribution is 2.30. The van der Waals surface area contributed by atoms with Gasteiger partial charge in [0.25, 0.3) is 0 Å². The maximum atomic E-state index is 14.7. The van der Waals surface area contributed by atoms with Gasteiger partial charge in [0.1, 0.15) is 24.7 Å². The Bertz CT molecular complexity index is 2320. The second kappa shape index (κ2) is 32.8. The highest BCUT2D eigenvalue weighted by molar-refractivity contribution is 5.98. The van der Waals surface area contributed by atoms with Gasteiger partial charge in [-0.25, -0.2) is 9.59 Å². The van der Waals surface area contributed by atoms with Crippen molar-refractivity contribution in [2.75, 3.05) is 46.7 Å². The van der Waals surface area contributed by atoms with Gasteiger partial charge in [0.2, 0.25) is 35.4 Å². The fourth-order valence-corrected chi connectivity index (χ4v) is 10.2. The van der Waals surface area contributed by atoms with Gasteiger partial charge < -0.3 is 67.2 Å². The van der Waals surface area contributed by atoms with Gasteiger partial charge in [-0.2, -0.15) is 0 Å². The zero-order valence-electron chi connectivity index (χ0n) is 49.7. The van der Waals surface area contributed by atoms with Gasteiger partial charge in [0.05, 0.1) is 54.8 Å². The quantitative estimate of drug-likeness (QED) is 0.0485. The van der Waals surface area contributed by atoms with Crippen molar-refractivity contribution in [1.29, 1.82) is 0 Å². The number of primary amides is 1. The zero-order valence-corrected chi connectivity index (χ0v) is 49.7. The number of aliphatic hydroxyl groups is 1. The number of amides is 9. The summed E-state index contributed by atoms with van der Waals surface area (Å²) < 4.78 is 17.7. The lowest BCUT2D eigenvalue weighted by Crippen LogP contribution is -2.60. The maximum absolute atomic E-state index is 14.7. The second-order valence-electron chi connectivity index (χ2n) is 22.3. The lowest BCUT2D eigenvalue weighted by Gasteiger charge is -2.41. The Hall–Kier alpha value is -6.36. The molecular weight excluding hydrogens is 1030 g/mol. The van der Waals surface area contributed by atoms with Crippen molar-refractivity contribution in [3.05, 3.63) is 65.7 Å². The minimum absolute atomic E-state index is 0.0747. The highest BCUT2D eigenvalue weighted by atomic mass is 16.6. The van der Waals surface area contributed by atoms with E-state index in [0.29, 0.717) is 49.0 Å². The van der Waals surface area contributed by atoms with Crippen molar-refractivity contribution in [1.82, 2.24) is 36.0 Å². The fourth-order valence-electron chi connectivity index (χ4n) is 10.2. The predicted molar refractivity (Wildman–Crippen MR) is 305 cm³/mol. The van der Waals surface area contributed by atoms with Gasteiger partial charge >= 0.3 is 12.1 Å². The Morgan fingerprint density at radius 3 is 1.96 bits per heavy atom. The van der Waals surface area contributed by atoms with E-state index in [4.69, 9.17) is 25.7 Å². The molecule has 22 nitrogen and oxygen atoms in total. The molecule has 0 aliphatic carbocycles. The Morgan fingerprint density at radius 1 is 0.775 bits per heavy atom. The van der Waals surface area contributed by atoms with Crippen LogP contribution in [0.2, 0.25) is 0 Å². The molecule has 3 rings (SSSR count). The van der Waals surface area contributed by atoms with Crippen molar-refractivity contribution < 1.29 is 57.7 Å². The molecule has 0 radical (unpaired) electrons. The van der Waals surface area contributed by atoms with Gasteiger partial charge in [-0.15, -0.1) is 0 Å². The van der Waals surface area contributed by atoms with Gasteiger partial charge in [-0.1, -0.05) is 111 Å². The normalized spacial score (nSPS) is 17.6. The molecule has 2 aromatic rings. The number of carbonyl (C=O) groups excluding carboxylic acids is 8. The molecule has 80 heavy (non-hydrogen) atoms. The van der Waals surface area contributed by atoms with Gasteiger partial charge in [-0.05, 0) is 79.5 Å². The third kappa shape index (κ3) is 19.4. The van der Waals surface area contributed by atoms with Crippen LogP contribution in [-0.2, 0) is 49.6 Å². The largest absolute Gasteiger partial charge is 0.445 e. The number of hydrogen-bond donors (Lipinski definition) is 8. The van der Waals surface area contributed by atoms with Crippen LogP contribution in [0.1, 0.15) is 125 Å². The Balaban J connectivity index is 1.70. The summed E-state index contributed by atoms with van der Waals surface area (Å²) in [5, 5.41) is 24.8. The van der Waals surface area contributed by atoms with Crippen molar-refractivity contribution in [3.63, 3.8) is 0 Å². The molecule has 1 aliphatic rings. The van der Waals surface area contributed by atoms with Gasteiger partial charge in [0.15, 0.2) is 0 Å². The summed E-state index contributed by atoms with van der Waals surface area (Å²) in [4.78, 5) is 112. The number of rotatable bonds is 31. The number of anilines is 1. The SMILES string of the molecule is CC[C@H](C)[C@@H]([C@@H](CC(=O)N1CCC[C@H]1[C@H](OC)[C@@H](C)C(=O)N[C@H](C)[C@@H](O)c1ccccc1)OC)N(C)C(=O)[C@@H](NC(=O)[C@H](C(C)C)N(C)C(=O)OCc1ccc(NC(=O)C(CCCNC(N)=O)NC(=O)[C@@H](N)C(C)C)cc1)C(C)C. The topological polar surface area (TPSA) is 306 Å². The predicted octanol–water partition coefficient (Wildman–Crippen LogP) is 4.43. The third-order valence-electron chi connectivity index (χ3n) is 15.3. The monoisotopic (exact) mass is 1120 g/mol. The summed E-state index contributed by atoms with van der Waals surface area (Å²) in [6, 6.07) is 9.37.